The van der Waals surface area contributed by atoms with Crippen molar-refractivity contribution in [2.75, 3.05) is 12.0 Å². The molecule has 98 valence electrons. The van der Waals surface area contributed by atoms with Crippen LogP contribution in [-0.4, -0.2) is 26.5 Å². The van der Waals surface area contributed by atoms with Crippen molar-refractivity contribution < 1.29 is 8.42 Å². The van der Waals surface area contributed by atoms with E-state index < -0.39 is 9.84 Å². The Morgan fingerprint density at radius 3 is 2.12 bits per heavy atom. The van der Waals surface area contributed by atoms with E-state index in [2.05, 4.69) is 27.7 Å². The van der Waals surface area contributed by atoms with Gasteiger partial charge in [-0.2, -0.15) is 0 Å². The van der Waals surface area contributed by atoms with E-state index in [9.17, 15) is 8.42 Å². The quantitative estimate of drug-likeness (QED) is 0.785. The van der Waals surface area contributed by atoms with Crippen LogP contribution in [0.15, 0.2) is 0 Å². The zero-order valence-electron chi connectivity index (χ0n) is 11.3. The Labute approximate surface area is 101 Å². The van der Waals surface area contributed by atoms with Gasteiger partial charge in [0.25, 0.3) is 0 Å². The molecule has 2 unspecified atom stereocenters. The monoisotopic (exact) mass is 249 g/mol. The van der Waals surface area contributed by atoms with Gasteiger partial charge in [0.1, 0.15) is 9.84 Å². The van der Waals surface area contributed by atoms with Crippen LogP contribution in [0.5, 0.6) is 0 Å². The minimum atomic E-state index is -2.87. The van der Waals surface area contributed by atoms with Gasteiger partial charge in [0.15, 0.2) is 0 Å². The first-order valence-corrected chi connectivity index (χ1v) is 7.99. The summed E-state index contributed by atoms with van der Waals surface area (Å²) in [5, 5.41) is 0. The van der Waals surface area contributed by atoms with E-state index in [1.54, 1.807) is 0 Å². The molecule has 0 aliphatic rings. The van der Waals surface area contributed by atoms with E-state index in [1.165, 1.54) is 6.26 Å². The van der Waals surface area contributed by atoms with Gasteiger partial charge in [-0.3, -0.25) is 0 Å². The SMILES string of the molecule is CC(CC(N)CCS(C)(=O)=O)CC(C)(C)C. The molecule has 0 aromatic carbocycles. The number of rotatable bonds is 6. The second kappa shape index (κ2) is 6.01. The highest BCUT2D eigenvalue weighted by Crippen LogP contribution is 2.26. The Bertz CT molecular complexity index is 291. The summed E-state index contributed by atoms with van der Waals surface area (Å²) in [4.78, 5) is 0. The first kappa shape index (κ1) is 15.9. The lowest BCUT2D eigenvalue weighted by Gasteiger charge is -2.25. The van der Waals surface area contributed by atoms with Crippen LogP contribution in [0.1, 0.15) is 47.0 Å². The van der Waals surface area contributed by atoms with Crippen molar-refractivity contribution in [2.24, 2.45) is 17.1 Å². The molecule has 0 radical (unpaired) electrons. The molecule has 0 bridgehead atoms. The van der Waals surface area contributed by atoms with Crippen LogP contribution in [0.3, 0.4) is 0 Å². The molecule has 0 aromatic rings. The predicted octanol–water partition coefficient (Wildman–Crippen LogP) is 2.21. The fourth-order valence-electron chi connectivity index (χ4n) is 2.13. The van der Waals surface area contributed by atoms with Crippen molar-refractivity contribution in [3.8, 4) is 0 Å². The molecule has 0 aliphatic carbocycles. The molecule has 0 rings (SSSR count). The Morgan fingerprint density at radius 2 is 1.75 bits per heavy atom. The fraction of sp³-hybridized carbons (Fsp3) is 1.00. The van der Waals surface area contributed by atoms with E-state index >= 15 is 0 Å². The summed E-state index contributed by atoms with van der Waals surface area (Å²) in [6.07, 6.45) is 3.87. The molecule has 0 aliphatic heterocycles. The van der Waals surface area contributed by atoms with Crippen LogP contribution in [0.25, 0.3) is 0 Å². The van der Waals surface area contributed by atoms with Gasteiger partial charge in [-0.05, 0) is 30.6 Å². The standard InChI is InChI=1S/C12H27NO2S/c1-10(9-12(2,3)4)8-11(13)6-7-16(5,14)15/h10-11H,6-9,13H2,1-5H3. The van der Waals surface area contributed by atoms with Crippen molar-refractivity contribution in [1.29, 1.82) is 0 Å². The molecule has 3 nitrogen and oxygen atoms in total. The third kappa shape index (κ3) is 10.4. The van der Waals surface area contributed by atoms with E-state index in [0.29, 0.717) is 17.8 Å². The predicted molar refractivity (Wildman–Crippen MR) is 70.2 cm³/mol. The van der Waals surface area contributed by atoms with Crippen molar-refractivity contribution in [3.05, 3.63) is 0 Å². The van der Waals surface area contributed by atoms with Crippen LogP contribution in [0.2, 0.25) is 0 Å². The van der Waals surface area contributed by atoms with Crippen LogP contribution < -0.4 is 5.73 Å². The van der Waals surface area contributed by atoms with E-state index in [1.807, 2.05) is 0 Å². The molecule has 4 heteroatoms. The second-order valence-electron chi connectivity index (χ2n) is 6.28. The minimum Gasteiger partial charge on any atom is -0.328 e. The lowest BCUT2D eigenvalue weighted by atomic mass is 9.83. The van der Waals surface area contributed by atoms with Crippen LogP contribution in [-0.2, 0) is 9.84 Å². The smallest absolute Gasteiger partial charge is 0.147 e. The molecule has 16 heavy (non-hydrogen) atoms. The van der Waals surface area contributed by atoms with Gasteiger partial charge < -0.3 is 5.73 Å². The summed E-state index contributed by atoms with van der Waals surface area (Å²) >= 11 is 0. The van der Waals surface area contributed by atoms with Crippen molar-refractivity contribution in [2.45, 2.75) is 53.0 Å². The van der Waals surface area contributed by atoms with Crippen LogP contribution in [0, 0.1) is 11.3 Å². The largest absolute Gasteiger partial charge is 0.328 e. The average molecular weight is 249 g/mol. The molecule has 0 heterocycles. The number of hydrogen-bond donors (Lipinski definition) is 1. The molecule has 0 saturated carbocycles. The fourth-order valence-corrected chi connectivity index (χ4v) is 2.86. The number of sulfone groups is 1. The lowest BCUT2D eigenvalue weighted by Crippen LogP contribution is -2.27. The summed E-state index contributed by atoms with van der Waals surface area (Å²) in [6.45, 7) is 8.83. The average Bonchev–Trinajstić information content (AvgIpc) is 1.95. The first-order valence-electron chi connectivity index (χ1n) is 5.93. The summed E-state index contributed by atoms with van der Waals surface area (Å²) in [6, 6.07) is 0.00655. The third-order valence-corrected chi connectivity index (χ3v) is 3.50. The molecule has 0 fully saturated rings. The summed E-state index contributed by atoms with van der Waals surface area (Å²) in [7, 11) is -2.87. The number of hydrogen-bond acceptors (Lipinski definition) is 3. The molecule has 2 atom stereocenters. The topological polar surface area (TPSA) is 60.2 Å². The first-order chi connectivity index (χ1) is 6.99. The second-order valence-corrected chi connectivity index (χ2v) is 8.54. The molecule has 0 amide bonds. The van der Waals surface area contributed by atoms with Crippen molar-refractivity contribution in [1.82, 2.24) is 0 Å². The zero-order valence-corrected chi connectivity index (χ0v) is 12.1. The molecular weight excluding hydrogens is 222 g/mol. The molecule has 0 spiro atoms. The normalized spacial score (nSPS) is 17.1. The highest BCUT2D eigenvalue weighted by molar-refractivity contribution is 7.90. The van der Waals surface area contributed by atoms with Gasteiger partial charge in [-0.25, -0.2) is 8.42 Å². The van der Waals surface area contributed by atoms with Crippen LogP contribution >= 0.6 is 0 Å². The Hall–Kier alpha value is -0.0900. The molecule has 2 N–H and O–H groups in total. The maximum atomic E-state index is 11.0. The van der Waals surface area contributed by atoms with Gasteiger partial charge in [-0.15, -0.1) is 0 Å². The summed E-state index contributed by atoms with van der Waals surface area (Å²) in [5.74, 6) is 0.755. The van der Waals surface area contributed by atoms with Crippen molar-refractivity contribution in [3.63, 3.8) is 0 Å². The van der Waals surface area contributed by atoms with E-state index in [-0.39, 0.29) is 11.8 Å². The molecule has 0 saturated heterocycles. The maximum absolute atomic E-state index is 11.0. The lowest BCUT2D eigenvalue weighted by molar-refractivity contribution is 0.284. The van der Waals surface area contributed by atoms with Gasteiger partial charge in [0.05, 0.1) is 5.75 Å². The maximum Gasteiger partial charge on any atom is 0.147 e. The third-order valence-electron chi connectivity index (χ3n) is 2.53. The Balaban J connectivity index is 3.92. The van der Waals surface area contributed by atoms with Gasteiger partial charge in [-0.1, -0.05) is 27.7 Å². The Kier molecular flexibility index (Phi) is 5.98. The molecular formula is C12H27NO2S. The summed E-state index contributed by atoms with van der Waals surface area (Å²) < 4.78 is 22.0. The van der Waals surface area contributed by atoms with Gasteiger partial charge >= 0.3 is 0 Å². The van der Waals surface area contributed by atoms with E-state index in [0.717, 1.165) is 12.8 Å². The Morgan fingerprint density at radius 1 is 1.25 bits per heavy atom. The number of nitrogens with two attached hydrogens (primary N) is 1. The van der Waals surface area contributed by atoms with E-state index in [4.69, 9.17) is 5.73 Å². The highest BCUT2D eigenvalue weighted by Gasteiger charge is 2.18. The zero-order chi connectivity index (χ0) is 13.0. The molecule has 0 aromatic heterocycles. The highest BCUT2D eigenvalue weighted by atomic mass is 32.2. The summed E-state index contributed by atoms with van der Waals surface area (Å²) in [5.41, 5.74) is 6.25. The minimum absolute atomic E-state index is 0.00655. The van der Waals surface area contributed by atoms with Gasteiger partial charge in [0.2, 0.25) is 0 Å². The van der Waals surface area contributed by atoms with Gasteiger partial charge in [0, 0.05) is 12.3 Å². The van der Waals surface area contributed by atoms with Crippen LogP contribution in [0.4, 0.5) is 0 Å². The van der Waals surface area contributed by atoms with Crippen molar-refractivity contribution >= 4 is 9.84 Å².